The zero-order chi connectivity index (χ0) is 21.1. The molecule has 6 nitrogen and oxygen atoms in total. The molecule has 2 atom stereocenters. The number of nitrogens with zero attached hydrogens (tertiary/aromatic N) is 4. The molecule has 1 fully saturated rings. The third-order valence-electron chi connectivity index (χ3n) is 5.72. The Balaban J connectivity index is 1.76. The molecular weight excluding hydrogens is 394 g/mol. The van der Waals surface area contributed by atoms with E-state index in [0.29, 0.717) is 13.2 Å². The number of hydrogen-bond donors (Lipinski definition) is 1. The van der Waals surface area contributed by atoms with Gasteiger partial charge in [-0.25, -0.2) is 0 Å². The van der Waals surface area contributed by atoms with Gasteiger partial charge in [-0.1, -0.05) is 12.1 Å². The van der Waals surface area contributed by atoms with Crippen molar-refractivity contribution in [2.75, 3.05) is 13.7 Å². The molecule has 1 aliphatic rings. The predicted octanol–water partition coefficient (Wildman–Crippen LogP) is 3.71. The van der Waals surface area contributed by atoms with Crippen molar-refractivity contribution in [3.63, 3.8) is 0 Å². The Kier molecular flexibility index (Phi) is 6.11. The van der Waals surface area contributed by atoms with Gasteiger partial charge in [0.2, 0.25) is 0 Å². The highest BCUT2D eigenvalue weighted by Crippen LogP contribution is 2.41. The van der Waals surface area contributed by atoms with Gasteiger partial charge in [0.25, 0.3) is 0 Å². The Labute approximate surface area is 182 Å². The van der Waals surface area contributed by atoms with E-state index in [2.05, 4.69) is 56.8 Å². The van der Waals surface area contributed by atoms with Crippen molar-refractivity contribution in [3.8, 4) is 0 Å². The van der Waals surface area contributed by atoms with Crippen molar-refractivity contribution in [2.24, 2.45) is 0 Å². The van der Waals surface area contributed by atoms with Gasteiger partial charge in [-0.2, -0.15) is 0 Å². The minimum Gasteiger partial charge on any atom is -0.383 e. The Bertz CT molecular complexity index is 1010. The fraction of sp³-hybridized carbons (Fsp3) is 0.348. The van der Waals surface area contributed by atoms with E-state index in [1.54, 1.807) is 13.3 Å². The summed E-state index contributed by atoms with van der Waals surface area (Å²) < 4.78 is 7.63. The fourth-order valence-corrected chi connectivity index (χ4v) is 4.56. The molecule has 156 valence electrons. The average molecular weight is 422 g/mol. The third kappa shape index (κ3) is 3.95. The maximum atomic E-state index is 5.79. The molecule has 30 heavy (non-hydrogen) atoms. The molecule has 4 rings (SSSR count). The molecule has 1 N–H and O–H groups in total. The van der Waals surface area contributed by atoms with E-state index in [0.717, 1.165) is 22.9 Å². The van der Waals surface area contributed by atoms with Gasteiger partial charge in [0.15, 0.2) is 5.11 Å². The van der Waals surface area contributed by atoms with Crippen LogP contribution < -0.4 is 5.32 Å². The Morgan fingerprint density at radius 1 is 1.17 bits per heavy atom. The first-order chi connectivity index (χ1) is 14.6. The number of rotatable bonds is 7. The zero-order valence-corrected chi connectivity index (χ0v) is 18.4. The summed E-state index contributed by atoms with van der Waals surface area (Å²) in [6, 6.07) is 12.4. The highest BCUT2D eigenvalue weighted by atomic mass is 32.1. The molecule has 0 aromatic carbocycles. The van der Waals surface area contributed by atoms with Gasteiger partial charge < -0.3 is 19.5 Å². The summed E-state index contributed by atoms with van der Waals surface area (Å²) in [5, 5.41) is 4.27. The first-order valence-corrected chi connectivity index (χ1v) is 10.5. The second-order valence-corrected chi connectivity index (χ2v) is 7.97. The van der Waals surface area contributed by atoms with E-state index in [4.69, 9.17) is 17.0 Å². The highest BCUT2D eigenvalue weighted by molar-refractivity contribution is 7.80. The van der Waals surface area contributed by atoms with Crippen LogP contribution in [0.15, 0.2) is 55.0 Å². The van der Waals surface area contributed by atoms with E-state index in [-0.39, 0.29) is 12.1 Å². The smallest absolute Gasteiger partial charge is 0.170 e. The number of pyridine rings is 2. The van der Waals surface area contributed by atoms with E-state index in [1.165, 1.54) is 17.0 Å². The van der Waals surface area contributed by atoms with Crippen LogP contribution in [0.3, 0.4) is 0 Å². The van der Waals surface area contributed by atoms with E-state index in [9.17, 15) is 0 Å². The summed E-state index contributed by atoms with van der Waals surface area (Å²) in [6.45, 7) is 6.52. The van der Waals surface area contributed by atoms with Crippen LogP contribution in [0.4, 0.5) is 0 Å². The molecule has 0 saturated carbocycles. The van der Waals surface area contributed by atoms with Crippen molar-refractivity contribution >= 4 is 17.3 Å². The minimum absolute atomic E-state index is 0.0215. The number of methoxy groups -OCH3 is 1. The summed E-state index contributed by atoms with van der Waals surface area (Å²) in [5.41, 5.74) is 5.83. The molecule has 1 aliphatic heterocycles. The lowest BCUT2D eigenvalue weighted by molar-refractivity contribution is 0.186. The minimum atomic E-state index is -0.0215. The Hall–Kier alpha value is -2.77. The average Bonchev–Trinajstić information content (AvgIpc) is 3.23. The van der Waals surface area contributed by atoms with Crippen LogP contribution in [0.5, 0.6) is 0 Å². The lowest BCUT2D eigenvalue weighted by Gasteiger charge is -2.28. The fourth-order valence-electron chi connectivity index (χ4n) is 4.26. The maximum absolute atomic E-state index is 5.79. The summed E-state index contributed by atoms with van der Waals surface area (Å²) in [4.78, 5) is 11.2. The first-order valence-electron chi connectivity index (χ1n) is 10.1. The third-order valence-corrected chi connectivity index (χ3v) is 6.08. The van der Waals surface area contributed by atoms with E-state index < -0.39 is 0 Å². The van der Waals surface area contributed by atoms with Gasteiger partial charge in [-0.05, 0) is 61.5 Å². The molecule has 0 aliphatic carbocycles. The van der Waals surface area contributed by atoms with Crippen molar-refractivity contribution in [3.05, 3.63) is 83.2 Å². The van der Waals surface area contributed by atoms with E-state index >= 15 is 0 Å². The quantitative estimate of drug-likeness (QED) is 0.587. The summed E-state index contributed by atoms with van der Waals surface area (Å²) >= 11 is 5.79. The van der Waals surface area contributed by atoms with Gasteiger partial charge in [-0.3, -0.25) is 9.97 Å². The van der Waals surface area contributed by atoms with Crippen molar-refractivity contribution in [2.45, 2.75) is 39.0 Å². The highest BCUT2D eigenvalue weighted by Gasteiger charge is 2.41. The predicted molar refractivity (Wildman–Crippen MR) is 121 cm³/mol. The van der Waals surface area contributed by atoms with Crippen molar-refractivity contribution in [1.29, 1.82) is 0 Å². The standard InChI is InChI=1S/C23H27N5OS/c1-16-13-19(17(2)27(16)11-12-29-3)22-21(20-8-4-5-10-25-20)26-23(30)28(22)15-18-7-6-9-24-14-18/h4-10,13-14,21-22H,11-12,15H2,1-3H3,(H,26,30)/t21-,22+/m0/s1. The van der Waals surface area contributed by atoms with Crippen LogP contribution >= 0.6 is 12.2 Å². The van der Waals surface area contributed by atoms with Gasteiger partial charge in [0.05, 0.1) is 24.4 Å². The molecule has 0 radical (unpaired) electrons. The van der Waals surface area contributed by atoms with Crippen molar-refractivity contribution in [1.82, 2.24) is 24.8 Å². The van der Waals surface area contributed by atoms with E-state index in [1.807, 2.05) is 30.6 Å². The molecule has 7 heteroatoms. The second-order valence-electron chi connectivity index (χ2n) is 7.59. The topological polar surface area (TPSA) is 55.2 Å². The monoisotopic (exact) mass is 421 g/mol. The number of aromatic nitrogens is 3. The zero-order valence-electron chi connectivity index (χ0n) is 17.6. The molecule has 4 heterocycles. The van der Waals surface area contributed by atoms with Gasteiger partial charge in [0, 0.05) is 50.2 Å². The van der Waals surface area contributed by atoms with Crippen LogP contribution in [0.1, 0.15) is 40.3 Å². The molecule has 0 spiro atoms. The van der Waals surface area contributed by atoms with Crippen LogP contribution in [0.25, 0.3) is 0 Å². The number of ether oxygens (including phenoxy) is 1. The molecule has 1 saturated heterocycles. The summed E-state index contributed by atoms with van der Waals surface area (Å²) in [5.74, 6) is 0. The largest absolute Gasteiger partial charge is 0.383 e. The number of hydrogen-bond acceptors (Lipinski definition) is 4. The normalized spacial score (nSPS) is 18.6. The molecule has 0 bridgehead atoms. The lowest BCUT2D eigenvalue weighted by atomic mass is 9.96. The lowest BCUT2D eigenvalue weighted by Crippen LogP contribution is -2.29. The summed E-state index contributed by atoms with van der Waals surface area (Å²) in [7, 11) is 1.74. The van der Waals surface area contributed by atoms with Crippen LogP contribution in [-0.4, -0.2) is 38.3 Å². The second kappa shape index (κ2) is 8.93. The molecule has 3 aromatic rings. The first kappa shape index (κ1) is 20.5. The van der Waals surface area contributed by atoms with Crippen molar-refractivity contribution < 1.29 is 4.74 Å². The summed E-state index contributed by atoms with van der Waals surface area (Å²) in [6.07, 6.45) is 5.53. The SMILES string of the molecule is COCCn1c(C)cc([C@@H]2[C@H](c3ccccn3)NC(=S)N2Cc2cccnc2)c1C. The van der Waals surface area contributed by atoms with Gasteiger partial charge >= 0.3 is 0 Å². The van der Waals surface area contributed by atoms with Crippen LogP contribution in [0, 0.1) is 13.8 Å². The Morgan fingerprint density at radius 3 is 2.73 bits per heavy atom. The molecule has 0 unspecified atom stereocenters. The molecule has 0 amide bonds. The van der Waals surface area contributed by atoms with Crippen LogP contribution in [0.2, 0.25) is 0 Å². The number of aryl methyl sites for hydroxylation is 1. The number of nitrogens with one attached hydrogen (secondary N) is 1. The Morgan fingerprint density at radius 2 is 2.03 bits per heavy atom. The number of thiocarbonyl (C=S) groups is 1. The van der Waals surface area contributed by atoms with Crippen LogP contribution in [-0.2, 0) is 17.8 Å². The molecule has 3 aromatic heterocycles. The van der Waals surface area contributed by atoms with Gasteiger partial charge in [0.1, 0.15) is 0 Å². The van der Waals surface area contributed by atoms with Gasteiger partial charge in [-0.15, -0.1) is 0 Å². The maximum Gasteiger partial charge on any atom is 0.170 e. The molecular formula is C23H27N5OS.